The Morgan fingerprint density at radius 1 is 1.02 bits per heavy atom. The lowest BCUT2D eigenvalue weighted by Crippen LogP contribution is -2.22. The molecule has 0 atom stereocenters. The molecule has 9 heteroatoms. The Kier molecular flexibility index (Phi) is 6.89. The number of hydrogen-bond acceptors (Lipinski definition) is 6. The number of fused-ring (bicyclic) bond motifs is 2. The topological polar surface area (TPSA) is 79.9 Å². The minimum atomic E-state index is -0.190. The van der Waals surface area contributed by atoms with Gasteiger partial charge in [0.1, 0.15) is 18.2 Å². The van der Waals surface area contributed by atoms with Crippen LogP contribution < -0.4 is 19.8 Å². The van der Waals surface area contributed by atoms with Crippen LogP contribution in [0.1, 0.15) is 35.3 Å². The van der Waals surface area contributed by atoms with E-state index >= 15 is 0 Å². The Morgan fingerprint density at radius 2 is 1.82 bits per heavy atom. The van der Waals surface area contributed by atoms with Crippen LogP contribution in [0, 0.1) is 13.8 Å². The van der Waals surface area contributed by atoms with Gasteiger partial charge in [0.2, 0.25) is 6.79 Å². The van der Waals surface area contributed by atoms with E-state index in [1.807, 2.05) is 75.4 Å². The van der Waals surface area contributed by atoms with Crippen LogP contribution in [-0.2, 0) is 13.0 Å². The first-order valence-corrected chi connectivity index (χ1v) is 13.8. The molecule has 6 rings (SSSR count). The van der Waals surface area contributed by atoms with Gasteiger partial charge in [-0.3, -0.25) is 4.79 Å². The zero-order valence-corrected chi connectivity index (χ0v) is 23.9. The molecule has 40 heavy (non-hydrogen) atoms. The molecule has 3 heterocycles. The number of rotatable bonds is 7. The van der Waals surface area contributed by atoms with E-state index in [0.29, 0.717) is 29.8 Å². The molecule has 0 aliphatic carbocycles. The van der Waals surface area contributed by atoms with E-state index in [2.05, 4.69) is 36.6 Å². The predicted octanol–water partition coefficient (Wildman–Crippen LogP) is 6.32. The highest BCUT2D eigenvalue weighted by Crippen LogP contribution is 2.33. The number of aryl methyl sites for hydroxylation is 2. The molecule has 202 valence electrons. The van der Waals surface area contributed by atoms with Gasteiger partial charge < -0.3 is 18.8 Å². The Morgan fingerprint density at radius 3 is 2.62 bits per heavy atom. The lowest BCUT2D eigenvalue weighted by atomic mass is 10.2. The minimum Gasteiger partial charge on any atom is -0.489 e. The molecular weight excluding hydrogens is 572 g/mol. The number of benzene rings is 3. The third-order valence-electron chi connectivity index (χ3n) is 6.91. The first kappa shape index (κ1) is 25.9. The molecule has 0 amide bonds. The molecule has 2 aromatic heterocycles. The van der Waals surface area contributed by atoms with Crippen LogP contribution in [0.2, 0.25) is 0 Å². The Labute approximate surface area is 239 Å². The third-order valence-corrected chi connectivity index (χ3v) is 7.40. The molecule has 0 saturated heterocycles. The van der Waals surface area contributed by atoms with Gasteiger partial charge in [0.05, 0.1) is 17.1 Å². The van der Waals surface area contributed by atoms with E-state index in [0.717, 1.165) is 49.9 Å². The smallest absolute Gasteiger partial charge is 0.282 e. The average molecular weight is 599 g/mol. The van der Waals surface area contributed by atoms with E-state index in [9.17, 15) is 4.79 Å². The predicted molar refractivity (Wildman–Crippen MR) is 158 cm³/mol. The Balaban J connectivity index is 1.23. The average Bonchev–Trinajstić information content (AvgIpc) is 3.54. The van der Waals surface area contributed by atoms with Crippen LogP contribution in [0.25, 0.3) is 16.6 Å². The molecule has 0 bridgehead atoms. The van der Waals surface area contributed by atoms with Crippen molar-refractivity contribution < 1.29 is 14.2 Å². The lowest BCUT2D eigenvalue weighted by molar-refractivity contribution is 0.174. The normalized spacial score (nSPS) is 12.5. The molecule has 0 N–H and O–H groups in total. The van der Waals surface area contributed by atoms with E-state index in [4.69, 9.17) is 14.2 Å². The molecule has 5 aromatic rings. The summed E-state index contributed by atoms with van der Waals surface area (Å²) in [5.74, 6) is 2.89. The molecule has 8 nitrogen and oxygen atoms in total. The summed E-state index contributed by atoms with van der Waals surface area (Å²) in [5.41, 5.74) is 5.48. The van der Waals surface area contributed by atoms with E-state index in [1.54, 1.807) is 12.3 Å². The Hall–Kier alpha value is -4.37. The van der Waals surface area contributed by atoms with E-state index in [-0.39, 0.29) is 12.4 Å². The highest BCUT2D eigenvalue weighted by Gasteiger charge is 2.14. The molecule has 1 aliphatic rings. The highest BCUT2D eigenvalue weighted by atomic mass is 79.9. The fourth-order valence-corrected chi connectivity index (χ4v) is 5.23. The summed E-state index contributed by atoms with van der Waals surface area (Å²) >= 11 is 3.44. The number of ether oxygens (including phenoxy) is 3. The second-order valence-corrected chi connectivity index (χ2v) is 10.5. The molecule has 0 unspecified atom stereocenters. The quantitative estimate of drug-likeness (QED) is 0.205. The maximum absolute atomic E-state index is 13.2. The van der Waals surface area contributed by atoms with Gasteiger partial charge >= 0.3 is 0 Å². The maximum Gasteiger partial charge on any atom is 0.282 e. The fourth-order valence-electron chi connectivity index (χ4n) is 4.87. The van der Waals surface area contributed by atoms with Crippen LogP contribution >= 0.6 is 15.9 Å². The van der Waals surface area contributed by atoms with Gasteiger partial charge in [-0.25, -0.2) is 4.98 Å². The maximum atomic E-state index is 13.2. The summed E-state index contributed by atoms with van der Waals surface area (Å²) in [4.78, 5) is 17.9. The van der Waals surface area contributed by atoms with Crippen molar-refractivity contribution in [1.82, 2.24) is 14.2 Å². The van der Waals surface area contributed by atoms with Crippen molar-refractivity contribution in [2.75, 3.05) is 6.79 Å². The van der Waals surface area contributed by atoms with E-state index in [1.165, 1.54) is 4.68 Å². The van der Waals surface area contributed by atoms with Gasteiger partial charge in [-0.1, -0.05) is 28.9 Å². The molecule has 0 fully saturated rings. The summed E-state index contributed by atoms with van der Waals surface area (Å²) in [5, 5.41) is 5.10. The number of aromatic nitrogens is 3. The van der Waals surface area contributed by atoms with Crippen LogP contribution in [0.3, 0.4) is 0 Å². The highest BCUT2D eigenvalue weighted by molar-refractivity contribution is 9.10. The van der Waals surface area contributed by atoms with Crippen molar-refractivity contribution in [1.29, 1.82) is 0 Å². The SMILES string of the molecule is CCc1nc2ccc(Br)cc2c(=O)n1N=Cc1cc(C)n(-c2ccc(OCc3ccc4c(c3)OCO4)cc2)c1C. The van der Waals surface area contributed by atoms with Gasteiger partial charge in [-0.15, -0.1) is 0 Å². The Bertz CT molecular complexity index is 1820. The van der Waals surface area contributed by atoms with Crippen molar-refractivity contribution in [2.24, 2.45) is 5.10 Å². The zero-order valence-electron chi connectivity index (χ0n) is 22.3. The van der Waals surface area contributed by atoms with Crippen LogP contribution in [0.15, 0.2) is 81.1 Å². The summed E-state index contributed by atoms with van der Waals surface area (Å²) in [6, 6.07) is 21.4. The summed E-state index contributed by atoms with van der Waals surface area (Å²) in [6.45, 7) is 6.74. The lowest BCUT2D eigenvalue weighted by Gasteiger charge is -2.12. The summed E-state index contributed by atoms with van der Waals surface area (Å²) in [6.07, 6.45) is 2.31. The molecule has 0 radical (unpaired) electrons. The summed E-state index contributed by atoms with van der Waals surface area (Å²) < 4.78 is 21.2. The van der Waals surface area contributed by atoms with Gasteiger partial charge in [-0.2, -0.15) is 9.78 Å². The second kappa shape index (κ2) is 10.7. The van der Waals surface area contributed by atoms with Crippen molar-refractivity contribution in [3.8, 4) is 22.9 Å². The summed E-state index contributed by atoms with van der Waals surface area (Å²) in [7, 11) is 0. The number of halogens is 1. The number of nitrogens with zero attached hydrogens (tertiary/aromatic N) is 4. The standard InChI is InChI=1S/C31H27BrN4O4/c1-4-30-34-27-11-6-23(32)15-26(27)31(37)36(30)33-16-22-13-19(2)35(20(22)3)24-7-9-25(10-8-24)38-17-21-5-12-28-29(14-21)40-18-39-28/h5-16H,4,17-18H2,1-3H3. The van der Waals surface area contributed by atoms with Crippen LogP contribution in [0.4, 0.5) is 0 Å². The van der Waals surface area contributed by atoms with Crippen LogP contribution in [-0.4, -0.2) is 27.2 Å². The van der Waals surface area contributed by atoms with Gasteiger partial charge in [-0.05, 0) is 80.1 Å². The largest absolute Gasteiger partial charge is 0.489 e. The number of hydrogen-bond donors (Lipinski definition) is 0. The first-order valence-electron chi connectivity index (χ1n) is 13.0. The first-order chi connectivity index (χ1) is 19.4. The van der Waals surface area contributed by atoms with E-state index < -0.39 is 0 Å². The third kappa shape index (κ3) is 4.88. The fraction of sp³-hybridized carbons (Fsp3) is 0.194. The monoisotopic (exact) mass is 598 g/mol. The molecule has 3 aromatic carbocycles. The van der Waals surface area contributed by atoms with Gasteiger partial charge in [0.25, 0.3) is 5.56 Å². The molecule has 0 saturated carbocycles. The second-order valence-electron chi connectivity index (χ2n) is 9.54. The minimum absolute atomic E-state index is 0.190. The van der Waals surface area contributed by atoms with Gasteiger partial charge in [0.15, 0.2) is 11.5 Å². The molecule has 0 spiro atoms. The zero-order chi connectivity index (χ0) is 27.8. The van der Waals surface area contributed by atoms with Crippen molar-refractivity contribution in [3.05, 3.63) is 110 Å². The van der Waals surface area contributed by atoms with Crippen molar-refractivity contribution >= 4 is 33.0 Å². The van der Waals surface area contributed by atoms with Crippen molar-refractivity contribution in [2.45, 2.75) is 33.8 Å². The molecular formula is C31H27BrN4O4. The molecule has 1 aliphatic heterocycles. The van der Waals surface area contributed by atoms with Gasteiger partial charge in [0, 0.05) is 33.5 Å². The van der Waals surface area contributed by atoms with Crippen LogP contribution in [0.5, 0.6) is 17.2 Å². The van der Waals surface area contributed by atoms with Crippen molar-refractivity contribution in [3.63, 3.8) is 0 Å².